The first-order chi connectivity index (χ1) is 16.9. The van der Waals surface area contributed by atoms with Gasteiger partial charge in [0.2, 0.25) is 5.79 Å². The fourth-order valence-corrected chi connectivity index (χ4v) is 5.42. The van der Waals surface area contributed by atoms with Crippen LogP contribution in [0.4, 0.5) is 0 Å². The van der Waals surface area contributed by atoms with Gasteiger partial charge < -0.3 is 48.7 Å². The van der Waals surface area contributed by atoms with E-state index in [0.717, 1.165) is 5.57 Å². The Labute approximate surface area is 213 Å². The minimum absolute atomic E-state index is 0.0554. The van der Waals surface area contributed by atoms with Crippen molar-refractivity contribution in [3.05, 3.63) is 12.2 Å². The zero-order valence-corrected chi connectivity index (χ0v) is 22.4. The number of aliphatic hydroxyl groups excluding tert-OH is 2. The second-order valence-electron chi connectivity index (χ2n) is 10.6. The quantitative estimate of drug-likeness (QED) is 0.376. The number of nitrogens with one attached hydrogen (secondary N) is 1. The first-order valence-electron chi connectivity index (χ1n) is 12.4. The highest BCUT2D eigenvalue weighted by Gasteiger charge is 2.57. The fraction of sp³-hybridized carbons (Fsp3) is 0.880. The first-order valence-corrected chi connectivity index (χ1v) is 12.4. The van der Waals surface area contributed by atoms with Crippen LogP contribution in [0, 0.1) is 11.3 Å². The zero-order chi connectivity index (χ0) is 26.8. The van der Waals surface area contributed by atoms with Crippen LogP contribution < -0.4 is 5.32 Å². The van der Waals surface area contributed by atoms with E-state index in [2.05, 4.69) is 11.9 Å². The third-order valence-corrected chi connectivity index (χ3v) is 8.08. The molecule has 3 aliphatic rings. The molecule has 0 aromatic rings. The average Bonchev–Trinajstić information content (AvgIpc) is 2.85. The highest BCUT2D eigenvalue weighted by molar-refractivity contribution is 5.82. The van der Waals surface area contributed by atoms with Crippen LogP contribution in [0.15, 0.2) is 12.2 Å². The molecule has 3 N–H and O–H groups in total. The number of amides is 1. The number of rotatable bonds is 9. The van der Waals surface area contributed by atoms with E-state index in [-0.39, 0.29) is 31.8 Å². The maximum absolute atomic E-state index is 13.3. The number of ether oxygens (including phenoxy) is 7. The highest BCUT2D eigenvalue weighted by Crippen LogP contribution is 2.44. The summed E-state index contributed by atoms with van der Waals surface area (Å²) in [4.78, 5) is 13.3. The van der Waals surface area contributed by atoms with Crippen LogP contribution in [-0.4, -0.2) is 106 Å². The Hall–Kier alpha value is -1.15. The summed E-state index contributed by atoms with van der Waals surface area (Å²) in [6.45, 7) is 11.6. The summed E-state index contributed by atoms with van der Waals surface area (Å²) in [5.41, 5.74) is 0.321. The first kappa shape index (κ1) is 29.4. The standard InChI is InChI=1S/C25H43NO10/c1-13-10-25(32-8,36-15(3)14(13)2)20(28)22(29)26-23-19-18(33-12-34-23)21(31-7)24(4,5)17(35-19)9-16(11-27)30-6/h14-21,23,27-28H,1,9-12H2,2-8H3,(H,26,29)/t14-,15-,16+,17-,18+,19+,20+,21-,23+,25-/m1/s1. The van der Waals surface area contributed by atoms with Crippen molar-refractivity contribution in [2.45, 2.75) is 95.3 Å². The van der Waals surface area contributed by atoms with Gasteiger partial charge in [-0.25, -0.2) is 0 Å². The molecule has 0 radical (unpaired) electrons. The largest absolute Gasteiger partial charge is 0.394 e. The van der Waals surface area contributed by atoms with E-state index in [1.807, 2.05) is 27.7 Å². The van der Waals surface area contributed by atoms with Crippen molar-refractivity contribution in [3.63, 3.8) is 0 Å². The molecular weight excluding hydrogens is 474 g/mol. The van der Waals surface area contributed by atoms with Crippen LogP contribution in [0.5, 0.6) is 0 Å². The third kappa shape index (κ3) is 5.50. The molecule has 3 saturated heterocycles. The molecule has 3 rings (SSSR count). The van der Waals surface area contributed by atoms with Gasteiger partial charge in [-0.2, -0.15) is 0 Å². The topological polar surface area (TPSA) is 134 Å². The van der Waals surface area contributed by atoms with E-state index >= 15 is 0 Å². The molecule has 1 amide bonds. The number of carbonyl (C=O) groups excluding carboxylic acids is 1. The molecule has 3 aliphatic heterocycles. The maximum Gasteiger partial charge on any atom is 0.256 e. The summed E-state index contributed by atoms with van der Waals surface area (Å²) in [6, 6.07) is 0. The van der Waals surface area contributed by atoms with Crippen molar-refractivity contribution < 1.29 is 48.2 Å². The van der Waals surface area contributed by atoms with Gasteiger partial charge in [0.1, 0.15) is 19.0 Å². The smallest absolute Gasteiger partial charge is 0.256 e. The van der Waals surface area contributed by atoms with Crippen LogP contribution >= 0.6 is 0 Å². The number of hydrogen-bond acceptors (Lipinski definition) is 10. The second-order valence-corrected chi connectivity index (χ2v) is 10.6. The molecule has 0 aliphatic carbocycles. The number of hydrogen-bond donors (Lipinski definition) is 3. The lowest BCUT2D eigenvalue weighted by molar-refractivity contribution is -0.333. The third-order valence-electron chi connectivity index (χ3n) is 8.08. The van der Waals surface area contributed by atoms with Crippen molar-refractivity contribution in [1.82, 2.24) is 5.32 Å². The lowest BCUT2D eigenvalue weighted by atomic mass is 9.72. The molecule has 0 aromatic heterocycles. The predicted molar refractivity (Wildman–Crippen MR) is 128 cm³/mol. The molecule has 0 bridgehead atoms. The van der Waals surface area contributed by atoms with Crippen molar-refractivity contribution in [1.29, 1.82) is 0 Å². The summed E-state index contributed by atoms with van der Waals surface area (Å²) in [5.74, 6) is -2.25. The monoisotopic (exact) mass is 517 g/mol. The number of fused-ring (bicyclic) bond motifs is 1. The van der Waals surface area contributed by atoms with Gasteiger partial charge in [-0.05, 0) is 6.92 Å². The molecule has 0 spiro atoms. The maximum atomic E-state index is 13.3. The molecule has 208 valence electrons. The van der Waals surface area contributed by atoms with Crippen molar-refractivity contribution in [3.8, 4) is 0 Å². The molecule has 11 nitrogen and oxygen atoms in total. The Morgan fingerprint density at radius 1 is 1.22 bits per heavy atom. The summed E-state index contributed by atoms with van der Waals surface area (Å²) in [7, 11) is 4.51. The van der Waals surface area contributed by atoms with Gasteiger partial charge in [-0.15, -0.1) is 0 Å². The Balaban J connectivity index is 1.80. The number of carbonyl (C=O) groups is 1. The Bertz CT molecular complexity index is 774. The van der Waals surface area contributed by atoms with E-state index in [1.165, 1.54) is 14.2 Å². The minimum atomic E-state index is -1.65. The number of aliphatic hydroxyl groups is 2. The second kappa shape index (κ2) is 11.7. The van der Waals surface area contributed by atoms with Crippen LogP contribution in [0.3, 0.4) is 0 Å². The highest BCUT2D eigenvalue weighted by atomic mass is 16.7. The molecule has 3 fully saturated rings. The van der Waals surface area contributed by atoms with E-state index in [9.17, 15) is 15.0 Å². The fourth-order valence-electron chi connectivity index (χ4n) is 5.42. The molecule has 3 heterocycles. The Kier molecular flexibility index (Phi) is 9.57. The lowest BCUT2D eigenvalue weighted by Crippen LogP contribution is -2.69. The van der Waals surface area contributed by atoms with E-state index in [0.29, 0.717) is 6.42 Å². The summed E-state index contributed by atoms with van der Waals surface area (Å²) >= 11 is 0. The van der Waals surface area contributed by atoms with Crippen LogP contribution in [0.1, 0.15) is 40.5 Å². The van der Waals surface area contributed by atoms with Gasteiger partial charge in [0, 0.05) is 45.5 Å². The summed E-state index contributed by atoms with van der Waals surface area (Å²) in [6.07, 6.45) is -4.86. The van der Waals surface area contributed by atoms with E-state index < -0.39 is 60.0 Å². The Morgan fingerprint density at radius 3 is 2.47 bits per heavy atom. The molecule has 10 atom stereocenters. The van der Waals surface area contributed by atoms with Gasteiger partial charge in [-0.1, -0.05) is 32.9 Å². The van der Waals surface area contributed by atoms with Gasteiger partial charge >= 0.3 is 0 Å². The van der Waals surface area contributed by atoms with Gasteiger partial charge in [0.25, 0.3) is 5.91 Å². The molecular formula is C25H43NO10. The predicted octanol–water partition coefficient (Wildman–Crippen LogP) is 0.712. The Morgan fingerprint density at radius 2 is 1.92 bits per heavy atom. The minimum Gasteiger partial charge on any atom is -0.394 e. The van der Waals surface area contributed by atoms with Crippen molar-refractivity contribution >= 4 is 5.91 Å². The summed E-state index contributed by atoms with van der Waals surface area (Å²) in [5, 5.41) is 23.5. The molecule has 0 unspecified atom stereocenters. The van der Waals surface area contributed by atoms with Crippen molar-refractivity contribution in [2.75, 3.05) is 34.7 Å². The van der Waals surface area contributed by atoms with E-state index in [4.69, 9.17) is 33.2 Å². The van der Waals surface area contributed by atoms with Crippen LogP contribution in [-0.2, 0) is 38.0 Å². The molecule has 0 saturated carbocycles. The lowest BCUT2D eigenvalue weighted by Gasteiger charge is -2.54. The molecule has 11 heteroatoms. The molecule has 36 heavy (non-hydrogen) atoms. The van der Waals surface area contributed by atoms with Crippen LogP contribution in [0.25, 0.3) is 0 Å². The van der Waals surface area contributed by atoms with E-state index in [1.54, 1.807) is 7.11 Å². The normalized spacial score (nSPS) is 40.2. The van der Waals surface area contributed by atoms with Gasteiger partial charge in [-0.3, -0.25) is 4.79 Å². The zero-order valence-electron chi connectivity index (χ0n) is 22.4. The average molecular weight is 518 g/mol. The number of methoxy groups -OCH3 is 3. The summed E-state index contributed by atoms with van der Waals surface area (Å²) < 4.78 is 40.7. The van der Waals surface area contributed by atoms with Crippen LogP contribution in [0.2, 0.25) is 0 Å². The SMILES string of the molecule is C=C1C[C@](OC)([C@@H](O)C(=O)N[C@H]2OCO[C@H]3[C@@H]2O[C@H](C[C@@H](CO)OC)C(C)(C)[C@@H]3OC)O[C@H](C)[C@@H]1C. The van der Waals surface area contributed by atoms with Gasteiger partial charge in [0.05, 0.1) is 31.0 Å². The molecule has 0 aromatic carbocycles. The van der Waals surface area contributed by atoms with Crippen molar-refractivity contribution in [2.24, 2.45) is 11.3 Å². The van der Waals surface area contributed by atoms with Gasteiger partial charge in [0.15, 0.2) is 12.3 Å².